The van der Waals surface area contributed by atoms with E-state index in [2.05, 4.69) is 24.0 Å². The average Bonchev–Trinajstić information content (AvgIpc) is 2.50. The number of ether oxygens (including phenoxy) is 1. The Morgan fingerprint density at radius 1 is 1.14 bits per heavy atom. The van der Waals surface area contributed by atoms with Crippen molar-refractivity contribution in [3.63, 3.8) is 0 Å². The summed E-state index contributed by atoms with van der Waals surface area (Å²) in [5.41, 5.74) is 1.44. The van der Waals surface area contributed by atoms with Crippen LogP contribution in [0.15, 0.2) is 42.6 Å². The maximum absolute atomic E-state index is 10.7. The summed E-state index contributed by atoms with van der Waals surface area (Å²) in [6, 6.07) is 11.0. The summed E-state index contributed by atoms with van der Waals surface area (Å²) in [6.45, 7) is 2.19. The van der Waals surface area contributed by atoms with Crippen molar-refractivity contribution in [3.8, 4) is 11.6 Å². The van der Waals surface area contributed by atoms with Gasteiger partial charge < -0.3 is 9.84 Å². The second kappa shape index (κ2) is 7.43. The summed E-state index contributed by atoms with van der Waals surface area (Å²) >= 11 is 0. The summed E-state index contributed by atoms with van der Waals surface area (Å²) in [4.78, 5) is 14.7. The molecule has 21 heavy (non-hydrogen) atoms. The minimum atomic E-state index is -0.995. The monoisotopic (exact) mass is 285 g/mol. The fourth-order valence-corrected chi connectivity index (χ4v) is 1.99. The Balaban J connectivity index is 1.94. The van der Waals surface area contributed by atoms with Crippen LogP contribution in [0.2, 0.25) is 0 Å². The van der Waals surface area contributed by atoms with Crippen LogP contribution in [-0.4, -0.2) is 16.1 Å². The maximum Gasteiger partial charge on any atom is 0.337 e. The van der Waals surface area contributed by atoms with Crippen molar-refractivity contribution < 1.29 is 14.6 Å². The van der Waals surface area contributed by atoms with E-state index in [1.54, 1.807) is 6.07 Å². The highest BCUT2D eigenvalue weighted by Crippen LogP contribution is 2.20. The van der Waals surface area contributed by atoms with Gasteiger partial charge in [-0.25, -0.2) is 9.78 Å². The highest BCUT2D eigenvalue weighted by molar-refractivity contribution is 5.87. The Bertz CT molecular complexity index is 576. The normalized spacial score (nSPS) is 10.3. The van der Waals surface area contributed by atoms with Gasteiger partial charge in [0, 0.05) is 12.3 Å². The number of aromatic carboxylic acids is 1. The Morgan fingerprint density at radius 2 is 1.90 bits per heavy atom. The van der Waals surface area contributed by atoms with E-state index in [0.29, 0.717) is 11.6 Å². The van der Waals surface area contributed by atoms with Crippen LogP contribution in [-0.2, 0) is 6.42 Å². The molecule has 1 aromatic carbocycles. The van der Waals surface area contributed by atoms with Crippen molar-refractivity contribution in [1.29, 1.82) is 0 Å². The first-order valence-corrected chi connectivity index (χ1v) is 7.15. The van der Waals surface area contributed by atoms with Gasteiger partial charge in [-0.3, -0.25) is 0 Å². The van der Waals surface area contributed by atoms with E-state index in [1.807, 2.05) is 12.1 Å². The number of nitrogens with zero attached hydrogens (tertiary/aromatic N) is 1. The molecule has 0 radical (unpaired) electrons. The molecule has 0 atom stereocenters. The summed E-state index contributed by atoms with van der Waals surface area (Å²) < 4.78 is 5.59. The lowest BCUT2D eigenvalue weighted by Crippen LogP contribution is -1.97. The topological polar surface area (TPSA) is 59.4 Å². The lowest BCUT2D eigenvalue weighted by Gasteiger charge is -2.06. The second-order valence-corrected chi connectivity index (χ2v) is 4.89. The molecule has 0 fully saturated rings. The van der Waals surface area contributed by atoms with Crippen molar-refractivity contribution in [2.24, 2.45) is 0 Å². The molecule has 0 aliphatic rings. The Morgan fingerprint density at radius 3 is 2.48 bits per heavy atom. The largest absolute Gasteiger partial charge is 0.478 e. The molecule has 4 heteroatoms. The molecule has 0 unspecified atom stereocenters. The zero-order valence-corrected chi connectivity index (χ0v) is 12.1. The van der Waals surface area contributed by atoms with E-state index in [0.717, 1.165) is 6.42 Å². The molecule has 4 nitrogen and oxygen atoms in total. The number of rotatable bonds is 7. The summed E-state index contributed by atoms with van der Waals surface area (Å²) in [5.74, 6) is 0.0917. The number of hydrogen-bond donors (Lipinski definition) is 1. The zero-order chi connectivity index (χ0) is 15.1. The molecule has 1 heterocycles. The first kappa shape index (κ1) is 15.0. The SMILES string of the molecule is CCCCCc1ccc(Oc2ccc(C(=O)O)cn2)cc1. The number of benzene rings is 1. The summed E-state index contributed by atoms with van der Waals surface area (Å²) in [6.07, 6.45) is 6.04. The predicted molar refractivity (Wildman–Crippen MR) is 80.9 cm³/mol. The van der Waals surface area contributed by atoms with Gasteiger partial charge in [0.1, 0.15) is 5.75 Å². The molecule has 0 spiro atoms. The molecule has 1 aromatic heterocycles. The van der Waals surface area contributed by atoms with Gasteiger partial charge in [-0.2, -0.15) is 0 Å². The lowest BCUT2D eigenvalue weighted by molar-refractivity contribution is 0.0696. The third kappa shape index (κ3) is 4.60. The summed E-state index contributed by atoms with van der Waals surface area (Å²) in [5, 5.41) is 8.80. The molecule has 0 amide bonds. The standard InChI is InChI=1S/C17H19NO3/c1-2-3-4-5-13-6-9-15(10-7-13)21-16-11-8-14(12-18-16)17(19)20/h6-12H,2-5H2,1H3,(H,19,20). The van der Waals surface area contributed by atoms with E-state index in [-0.39, 0.29) is 5.56 Å². The van der Waals surface area contributed by atoms with Crippen LogP contribution >= 0.6 is 0 Å². The number of carbonyl (C=O) groups is 1. The minimum Gasteiger partial charge on any atom is -0.478 e. The van der Waals surface area contributed by atoms with Gasteiger partial charge in [0.05, 0.1) is 5.56 Å². The molecule has 0 saturated carbocycles. The van der Waals surface area contributed by atoms with Gasteiger partial charge in [0.2, 0.25) is 5.88 Å². The van der Waals surface area contributed by atoms with Gasteiger partial charge in [0.25, 0.3) is 0 Å². The van der Waals surface area contributed by atoms with Gasteiger partial charge >= 0.3 is 5.97 Å². The Kier molecular flexibility index (Phi) is 5.32. The van der Waals surface area contributed by atoms with Crippen LogP contribution < -0.4 is 4.74 Å². The van der Waals surface area contributed by atoms with Crippen LogP contribution in [0.5, 0.6) is 11.6 Å². The van der Waals surface area contributed by atoms with E-state index in [4.69, 9.17) is 9.84 Å². The number of carboxylic acid groups (broad SMARTS) is 1. The van der Waals surface area contributed by atoms with Gasteiger partial charge in [-0.15, -0.1) is 0 Å². The van der Waals surface area contributed by atoms with Crippen molar-refractivity contribution in [2.45, 2.75) is 32.6 Å². The molecule has 0 saturated heterocycles. The average molecular weight is 285 g/mol. The van der Waals surface area contributed by atoms with Gasteiger partial charge in [-0.05, 0) is 36.6 Å². The van der Waals surface area contributed by atoms with E-state index >= 15 is 0 Å². The molecule has 1 N–H and O–H groups in total. The predicted octanol–water partition coefficient (Wildman–Crippen LogP) is 4.30. The highest BCUT2D eigenvalue weighted by Gasteiger charge is 2.04. The first-order chi connectivity index (χ1) is 10.2. The van der Waals surface area contributed by atoms with Gasteiger partial charge in [0.15, 0.2) is 0 Å². The van der Waals surface area contributed by atoms with Crippen molar-refractivity contribution in [2.75, 3.05) is 0 Å². The van der Waals surface area contributed by atoms with Crippen molar-refractivity contribution in [1.82, 2.24) is 4.98 Å². The zero-order valence-electron chi connectivity index (χ0n) is 12.1. The first-order valence-electron chi connectivity index (χ1n) is 7.15. The number of aromatic nitrogens is 1. The van der Waals surface area contributed by atoms with Crippen LogP contribution in [0.25, 0.3) is 0 Å². The molecule has 110 valence electrons. The molecule has 0 aliphatic heterocycles. The van der Waals surface area contributed by atoms with E-state index < -0.39 is 5.97 Å². The molecular weight excluding hydrogens is 266 g/mol. The van der Waals surface area contributed by atoms with Crippen molar-refractivity contribution in [3.05, 3.63) is 53.7 Å². The molecule has 2 aromatic rings. The van der Waals surface area contributed by atoms with Crippen LogP contribution in [0, 0.1) is 0 Å². The molecule has 0 aliphatic carbocycles. The number of hydrogen-bond acceptors (Lipinski definition) is 3. The Hall–Kier alpha value is -2.36. The van der Waals surface area contributed by atoms with Gasteiger partial charge in [-0.1, -0.05) is 31.9 Å². The third-order valence-electron chi connectivity index (χ3n) is 3.20. The summed E-state index contributed by atoms with van der Waals surface area (Å²) in [7, 11) is 0. The molecule has 2 rings (SSSR count). The van der Waals surface area contributed by atoms with Crippen molar-refractivity contribution >= 4 is 5.97 Å². The van der Waals surface area contributed by atoms with Crippen LogP contribution in [0.4, 0.5) is 0 Å². The quantitative estimate of drug-likeness (QED) is 0.770. The number of pyridine rings is 1. The van der Waals surface area contributed by atoms with E-state index in [1.165, 1.54) is 37.1 Å². The lowest BCUT2D eigenvalue weighted by atomic mass is 10.1. The van der Waals surface area contributed by atoms with Crippen LogP contribution in [0.1, 0.15) is 42.1 Å². The fraction of sp³-hybridized carbons (Fsp3) is 0.294. The smallest absolute Gasteiger partial charge is 0.337 e. The third-order valence-corrected chi connectivity index (χ3v) is 3.20. The molecular formula is C17H19NO3. The number of aryl methyl sites for hydroxylation is 1. The Labute approximate surface area is 124 Å². The maximum atomic E-state index is 10.7. The second-order valence-electron chi connectivity index (χ2n) is 4.89. The number of carboxylic acids is 1. The number of unbranched alkanes of at least 4 members (excludes halogenated alkanes) is 2. The van der Waals surface area contributed by atoms with E-state index in [9.17, 15) is 4.79 Å². The highest BCUT2D eigenvalue weighted by atomic mass is 16.5. The minimum absolute atomic E-state index is 0.147. The fourth-order valence-electron chi connectivity index (χ4n) is 1.99. The van der Waals surface area contributed by atoms with Crippen LogP contribution in [0.3, 0.4) is 0 Å². The molecule has 0 bridgehead atoms.